The van der Waals surface area contributed by atoms with E-state index in [0.717, 1.165) is 16.9 Å². The number of H-pyrrole nitrogens is 1. The minimum Gasteiger partial charge on any atom is -0.487 e. The van der Waals surface area contributed by atoms with Crippen LogP contribution in [0.2, 0.25) is 0 Å². The first kappa shape index (κ1) is 12.2. The van der Waals surface area contributed by atoms with Gasteiger partial charge in [0.05, 0.1) is 5.69 Å². The third-order valence-electron chi connectivity index (χ3n) is 2.79. The third kappa shape index (κ3) is 2.51. The van der Waals surface area contributed by atoms with E-state index in [1.807, 2.05) is 32.0 Å². The molecule has 1 aromatic heterocycles. The van der Waals surface area contributed by atoms with Gasteiger partial charge >= 0.3 is 5.97 Å². The Labute approximate surface area is 104 Å². The normalized spacial score (nSPS) is 10.3. The van der Waals surface area contributed by atoms with E-state index < -0.39 is 5.97 Å². The highest BCUT2D eigenvalue weighted by Crippen LogP contribution is 2.21. The van der Waals surface area contributed by atoms with Gasteiger partial charge in [0.15, 0.2) is 5.69 Å². The number of carbonyl (C=O) groups is 1. The number of aromatic nitrogens is 2. The highest BCUT2D eigenvalue weighted by molar-refractivity contribution is 5.85. The van der Waals surface area contributed by atoms with Crippen LogP contribution in [0, 0.1) is 13.8 Å². The van der Waals surface area contributed by atoms with Crippen LogP contribution in [0.3, 0.4) is 0 Å². The van der Waals surface area contributed by atoms with Crippen LogP contribution in [0.4, 0.5) is 0 Å². The lowest BCUT2D eigenvalue weighted by atomic mass is 10.1. The Hall–Kier alpha value is -2.30. The van der Waals surface area contributed by atoms with Crippen LogP contribution < -0.4 is 4.74 Å². The molecule has 0 saturated heterocycles. The van der Waals surface area contributed by atoms with Crippen LogP contribution in [-0.2, 0) is 6.61 Å². The first-order chi connectivity index (χ1) is 8.58. The average Bonchev–Trinajstić information content (AvgIpc) is 2.80. The summed E-state index contributed by atoms with van der Waals surface area (Å²) in [6, 6.07) is 7.29. The molecule has 0 spiro atoms. The number of aromatic carboxylic acids is 1. The number of carboxylic acids is 1. The summed E-state index contributed by atoms with van der Waals surface area (Å²) in [7, 11) is 0. The molecule has 5 heteroatoms. The molecule has 94 valence electrons. The molecule has 2 rings (SSSR count). The fourth-order valence-electron chi connectivity index (χ4n) is 1.58. The summed E-state index contributed by atoms with van der Waals surface area (Å²) in [4.78, 5) is 10.7. The van der Waals surface area contributed by atoms with Crippen molar-refractivity contribution in [3.05, 3.63) is 46.8 Å². The maximum absolute atomic E-state index is 10.7. The monoisotopic (exact) mass is 246 g/mol. The molecule has 0 radical (unpaired) electrons. The summed E-state index contributed by atoms with van der Waals surface area (Å²) in [5.41, 5.74) is 2.86. The number of rotatable bonds is 4. The Morgan fingerprint density at radius 1 is 1.44 bits per heavy atom. The van der Waals surface area contributed by atoms with E-state index in [0.29, 0.717) is 5.69 Å². The molecule has 0 bridgehead atoms. The number of benzene rings is 1. The Morgan fingerprint density at radius 2 is 2.22 bits per heavy atom. The van der Waals surface area contributed by atoms with Gasteiger partial charge in [0.1, 0.15) is 12.4 Å². The summed E-state index contributed by atoms with van der Waals surface area (Å²) >= 11 is 0. The largest absolute Gasteiger partial charge is 0.487 e. The van der Waals surface area contributed by atoms with Gasteiger partial charge in [-0.3, -0.25) is 5.10 Å². The predicted molar refractivity (Wildman–Crippen MR) is 65.8 cm³/mol. The number of ether oxygens (including phenoxy) is 1. The molecule has 0 unspecified atom stereocenters. The second-order valence-corrected chi connectivity index (χ2v) is 4.07. The summed E-state index contributed by atoms with van der Waals surface area (Å²) in [6.07, 6.45) is 0. The molecule has 0 fully saturated rings. The maximum Gasteiger partial charge on any atom is 0.356 e. The van der Waals surface area contributed by atoms with Crippen molar-refractivity contribution < 1.29 is 14.6 Å². The van der Waals surface area contributed by atoms with Crippen LogP contribution in [-0.4, -0.2) is 21.3 Å². The highest BCUT2D eigenvalue weighted by atomic mass is 16.5. The van der Waals surface area contributed by atoms with E-state index in [1.165, 1.54) is 6.07 Å². The number of hydrogen-bond acceptors (Lipinski definition) is 3. The lowest BCUT2D eigenvalue weighted by Crippen LogP contribution is -1.98. The molecule has 0 aliphatic carbocycles. The number of nitrogens with zero attached hydrogens (tertiary/aromatic N) is 1. The van der Waals surface area contributed by atoms with Crippen LogP contribution in [0.5, 0.6) is 5.75 Å². The lowest BCUT2D eigenvalue weighted by Gasteiger charge is -2.09. The number of hydrogen-bond donors (Lipinski definition) is 2. The van der Waals surface area contributed by atoms with Gasteiger partial charge < -0.3 is 9.84 Å². The predicted octanol–water partition coefficient (Wildman–Crippen LogP) is 2.30. The Morgan fingerprint density at radius 3 is 2.89 bits per heavy atom. The van der Waals surface area contributed by atoms with Gasteiger partial charge in [0, 0.05) is 0 Å². The first-order valence-corrected chi connectivity index (χ1v) is 5.54. The van der Waals surface area contributed by atoms with Gasteiger partial charge in [-0.1, -0.05) is 12.1 Å². The molecule has 18 heavy (non-hydrogen) atoms. The Kier molecular flexibility index (Phi) is 3.32. The average molecular weight is 246 g/mol. The van der Waals surface area contributed by atoms with Crippen molar-refractivity contribution in [3.63, 3.8) is 0 Å². The van der Waals surface area contributed by atoms with E-state index in [4.69, 9.17) is 9.84 Å². The van der Waals surface area contributed by atoms with Crippen LogP contribution >= 0.6 is 0 Å². The number of aryl methyl sites for hydroxylation is 1. The quantitative estimate of drug-likeness (QED) is 0.868. The molecular formula is C13H14N2O3. The van der Waals surface area contributed by atoms with Crippen LogP contribution in [0.25, 0.3) is 0 Å². The van der Waals surface area contributed by atoms with Crippen molar-refractivity contribution in [1.29, 1.82) is 0 Å². The van der Waals surface area contributed by atoms with Crippen molar-refractivity contribution in [2.45, 2.75) is 20.5 Å². The zero-order valence-corrected chi connectivity index (χ0v) is 10.2. The van der Waals surface area contributed by atoms with E-state index in [9.17, 15) is 4.79 Å². The lowest BCUT2D eigenvalue weighted by molar-refractivity contribution is 0.0690. The van der Waals surface area contributed by atoms with E-state index in [2.05, 4.69) is 10.2 Å². The molecule has 0 atom stereocenters. The molecule has 0 saturated carbocycles. The highest BCUT2D eigenvalue weighted by Gasteiger charge is 2.09. The summed E-state index contributed by atoms with van der Waals surface area (Å²) < 4.78 is 5.63. The molecule has 0 aliphatic heterocycles. The fraction of sp³-hybridized carbons (Fsp3) is 0.231. The second-order valence-electron chi connectivity index (χ2n) is 4.07. The van der Waals surface area contributed by atoms with E-state index in [1.54, 1.807) is 0 Å². The van der Waals surface area contributed by atoms with Crippen LogP contribution in [0.15, 0.2) is 24.3 Å². The third-order valence-corrected chi connectivity index (χ3v) is 2.79. The molecule has 5 nitrogen and oxygen atoms in total. The van der Waals surface area contributed by atoms with Crippen molar-refractivity contribution in [2.75, 3.05) is 0 Å². The molecule has 0 aliphatic rings. The minimum atomic E-state index is -1.05. The van der Waals surface area contributed by atoms with Crippen molar-refractivity contribution in [3.8, 4) is 5.75 Å². The van der Waals surface area contributed by atoms with Gasteiger partial charge in [-0.25, -0.2) is 4.79 Å². The van der Waals surface area contributed by atoms with Gasteiger partial charge in [0.25, 0.3) is 0 Å². The standard InChI is InChI=1S/C13H14N2O3/c1-8-4-3-5-12(9(8)2)18-7-10-6-11(13(16)17)15-14-10/h3-6H,7H2,1-2H3,(H,14,15)(H,16,17). The van der Waals surface area contributed by atoms with Crippen molar-refractivity contribution >= 4 is 5.97 Å². The minimum absolute atomic E-state index is 0.00503. The van der Waals surface area contributed by atoms with Gasteiger partial charge in [0.2, 0.25) is 0 Å². The first-order valence-electron chi connectivity index (χ1n) is 5.54. The SMILES string of the molecule is Cc1cccc(OCc2cc(C(=O)O)n[nH]2)c1C. The topological polar surface area (TPSA) is 75.2 Å². The molecule has 2 aromatic rings. The fourth-order valence-corrected chi connectivity index (χ4v) is 1.58. The zero-order valence-electron chi connectivity index (χ0n) is 10.2. The molecular weight excluding hydrogens is 232 g/mol. The maximum atomic E-state index is 10.7. The zero-order chi connectivity index (χ0) is 13.1. The van der Waals surface area contributed by atoms with Gasteiger partial charge in [-0.15, -0.1) is 0 Å². The number of aromatic amines is 1. The number of carboxylic acid groups (broad SMARTS) is 1. The van der Waals surface area contributed by atoms with Crippen molar-refractivity contribution in [1.82, 2.24) is 10.2 Å². The summed E-state index contributed by atoms with van der Waals surface area (Å²) in [6.45, 7) is 4.27. The Balaban J connectivity index is 2.07. The van der Waals surface area contributed by atoms with Crippen LogP contribution in [0.1, 0.15) is 27.3 Å². The molecule has 0 amide bonds. The summed E-state index contributed by atoms with van der Waals surface area (Å²) in [5.74, 6) is -0.259. The molecule has 1 aromatic carbocycles. The van der Waals surface area contributed by atoms with E-state index >= 15 is 0 Å². The summed E-state index contributed by atoms with van der Waals surface area (Å²) in [5, 5.41) is 15.0. The number of nitrogens with one attached hydrogen (secondary N) is 1. The van der Waals surface area contributed by atoms with Gasteiger partial charge in [-0.2, -0.15) is 5.10 Å². The van der Waals surface area contributed by atoms with E-state index in [-0.39, 0.29) is 12.3 Å². The molecule has 1 heterocycles. The van der Waals surface area contributed by atoms with Crippen molar-refractivity contribution in [2.24, 2.45) is 0 Å². The Bertz CT molecular complexity index is 575. The smallest absolute Gasteiger partial charge is 0.356 e. The van der Waals surface area contributed by atoms with Gasteiger partial charge in [-0.05, 0) is 37.1 Å². The second kappa shape index (κ2) is 4.91. The molecule has 2 N–H and O–H groups in total.